The van der Waals surface area contributed by atoms with Gasteiger partial charge in [0.25, 0.3) is 0 Å². The molecule has 0 saturated heterocycles. The zero-order chi connectivity index (χ0) is 23.8. The number of aromatic nitrogens is 1. The zero-order valence-electron chi connectivity index (χ0n) is 18.9. The van der Waals surface area contributed by atoms with Gasteiger partial charge < -0.3 is 23.7 Å². The van der Waals surface area contributed by atoms with Crippen LogP contribution in [0.3, 0.4) is 0 Å². The third kappa shape index (κ3) is 5.81. The lowest BCUT2D eigenvalue weighted by molar-refractivity contribution is -0.142. The smallest absolute Gasteiger partial charge is 0.343 e. The molecular formula is C24H25NO7S. The fourth-order valence-corrected chi connectivity index (χ4v) is 3.83. The van der Waals surface area contributed by atoms with E-state index in [0.29, 0.717) is 36.0 Å². The van der Waals surface area contributed by atoms with E-state index in [1.165, 1.54) is 25.6 Å². The lowest BCUT2D eigenvalue weighted by atomic mass is 10.1. The number of hydrogen-bond donors (Lipinski definition) is 0. The Hall–Kier alpha value is -3.59. The molecule has 0 aliphatic carbocycles. The molecule has 0 unspecified atom stereocenters. The first-order chi connectivity index (χ1) is 16.0. The summed E-state index contributed by atoms with van der Waals surface area (Å²) in [5, 5.41) is 2.69. The number of ether oxygens (including phenoxy) is 5. The Labute approximate surface area is 196 Å². The molecule has 0 radical (unpaired) electrons. The van der Waals surface area contributed by atoms with Crippen molar-refractivity contribution in [1.29, 1.82) is 0 Å². The van der Waals surface area contributed by atoms with Crippen LogP contribution >= 0.6 is 11.3 Å². The summed E-state index contributed by atoms with van der Waals surface area (Å²) >= 11 is 1.47. The van der Waals surface area contributed by atoms with Crippen molar-refractivity contribution in [2.45, 2.75) is 13.8 Å². The molecule has 0 N–H and O–H groups in total. The van der Waals surface area contributed by atoms with Crippen molar-refractivity contribution in [3.05, 3.63) is 47.3 Å². The highest BCUT2D eigenvalue weighted by Crippen LogP contribution is 2.36. The number of esters is 2. The Bertz CT molecular complexity index is 1130. The van der Waals surface area contributed by atoms with Gasteiger partial charge >= 0.3 is 11.9 Å². The van der Waals surface area contributed by atoms with Crippen LogP contribution in [0.25, 0.3) is 21.8 Å². The number of hydrogen-bond acceptors (Lipinski definition) is 9. The predicted octanol–water partition coefficient (Wildman–Crippen LogP) is 4.61. The van der Waals surface area contributed by atoms with Gasteiger partial charge in [-0.05, 0) is 50.2 Å². The van der Waals surface area contributed by atoms with Crippen molar-refractivity contribution in [2.75, 3.05) is 34.0 Å². The van der Waals surface area contributed by atoms with Crippen molar-refractivity contribution in [2.24, 2.45) is 0 Å². The molecule has 33 heavy (non-hydrogen) atoms. The molecule has 9 heteroatoms. The normalized spacial score (nSPS) is 10.4. The molecule has 0 aliphatic heterocycles. The summed E-state index contributed by atoms with van der Waals surface area (Å²) in [5.74, 6) is 0.430. The third-order valence-corrected chi connectivity index (χ3v) is 5.44. The molecule has 3 aromatic rings. The number of thiazole rings is 1. The van der Waals surface area contributed by atoms with Gasteiger partial charge in [-0.3, -0.25) is 0 Å². The highest BCUT2D eigenvalue weighted by molar-refractivity contribution is 7.13. The molecule has 0 saturated carbocycles. The monoisotopic (exact) mass is 471 g/mol. The van der Waals surface area contributed by atoms with Crippen LogP contribution in [0.4, 0.5) is 0 Å². The lowest BCUT2D eigenvalue weighted by Gasteiger charge is -2.11. The van der Waals surface area contributed by atoms with Gasteiger partial charge in [-0.25, -0.2) is 14.6 Å². The van der Waals surface area contributed by atoms with Crippen molar-refractivity contribution in [3.63, 3.8) is 0 Å². The van der Waals surface area contributed by atoms with Gasteiger partial charge in [-0.2, -0.15) is 0 Å². The van der Waals surface area contributed by atoms with E-state index in [4.69, 9.17) is 23.9 Å². The summed E-state index contributed by atoms with van der Waals surface area (Å²) in [5.41, 5.74) is 2.48. The van der Waals surface area contributed by atoms with Crippen LogP contribution in [0.15, 0.2) is 41.8 Å². The van der Waals surface area contributed by atoms with Crippen LogP contribution in [0.2, 0.25) is 0 Å². The van der Waals surface area contributed by atoms with E-state index in [9.17, 15) is 9.59 Å². The van der Waals surface area contributed by atoms with Gasteiger partial charge in [0, 0.05) is 16.5 Å². The number of nitrogens with zero attached hydrogens (tertiary/aromatic N) is 1. The average Bonchev–Trinajstić information content (AvgIpc) is 3.33. The average molecular weight is 472 g/mol. The van der Waals surface area contributed by atoms with Gasteiger partial charge in [0.1, 0.15) is 16.3 Å². The molecule has 8 nitrogen and oxygen atoms in total. The summed E-state index contributed by atoms with van der Waals surface area (Å²) < 4.78 is 26.2. The highest BCUT2D eigenvalue weighted by atomic mass is 32.1. The fourth-order valence-electron chi connectivity index (χ4n) is 3.00. The number of carbonyl (C=O) groups excluding carboxylic acids is 2. The summed E-state index contributed by atoms with van der Waals surface area (Å²) in [7, 11) is 2.54. The SMILES string of the molecule is CCOc1ccc(-c2nc(-c3ccc(OCC(=O)OC)c(C(=O)OC)c3)cs2)cc1OCC. The predicted molar refractivity (Wildman–Crippen MR) is 124 cm³/mol. The Morgan fingerprint density at radius 3 is 2.24 bits per heavy atom. The van der Waals surface area contributed by atoms with Gasteiger partial charge in [-0.1, -0.05) is 0 Å². The molecule has 1 heterocycles. The Balaban J connectivity index is 1.91. The quantitative estimate of drug-likeness (QED) is 0.396. The first-order valence-electron chi connectivity index (χ1n) is 10.3. The molecule has 0 spiro atoms. The van der Waals surface area contributed by atoms with Crippen molar-refractivity contribution >= 4 is 23.3 Å². The molecule has 174 valence electrons. The van der Waals surface area contributed by atoms with Gasteiger partial charge in [0.2, 0.25) is 0 Å². The van der Waals surface area contributed by atoms with E-state index in [2.05, 4.69) is 4.74 Å². The van der Waals surface area contributed by atoms with Crippen LogP contribution in [-0.2, 0) is 14.3 Å². The topological polar surface area (TPSA) is 93.2 Å². The number of carbonyl (C=O) groups is 2. The van der Waals surface area contributed by atoms with Gasteiger partial charge in [0.05, 0.1) is 33.1 Å². The standard InChI is InChI=1S/C24H25NO7S/c1-5-30-20-10-8-16(12-21(20)31-6-2)23-25-18(14-33-23)15-7-9-19(32-13-22(26)28-3)17(11-15)24(27)29-4/h7-12,14H,5-6,13H2,1-4H3. The molecule has 0 aliphatic rings. The minimum Gasteiger partial charge on any atom is -0.490 e. The summed E-state index contributed by atoms with van der Waals surface area (Å²) in [6, 6.07) is 10.7. The second-order valence-electron chi connectivity index (χ2n) is 6.63. The van der Waals surface area contributed by atoms with Crippen molar-refractivity contribution < 1.29 is 33.3 Å². The minimum absolute atomic E-state index is 0.188. The molecule has 0 atom stereocenters. The molecule has 0 bridgehead atoms. The van der Waals surface area contributed by atoms with E-state index in [1.807, 2.05) is 37.4 Å². The number of benzene rings is 2. The molecule has 3 rings (SSSR count). The second kappa shape index (κ2) is 11.3. The molecule has 1 aromatic heterocycles. The van der Waals surface area contributed by atoms with E-state index in [-0.39, 0.29) is 17.9 Å². The van der Waals surface area contributed by atoms with Crippen molar-refractivity contribution in [1.82, 2.24) is 4.98 Å². The number of methoxy groups -OCH3 is 2. The Kier molecular flexibility index (Phi) is 8.26. The van der Waals surface area contributed by atoms with E-state index >= 15 is 0 Å². The van der Waals surface area contributed by atoms with Crippen molar-refractivity contribution in [3.8, 4) is 39.1 Å². The first kappa shape index (κ1) is 24.1. The molecule has 0 amide bonds. The largest absolute Gasteiger partial charge is 0.490 e. The first-order valence-corrected chi connectivity index (χ1v) is 11.2. The van der Waals surface area contributed by atoms with E-state index in [1.54, 1.807) is 18.2 Å². The summed E-state index contributed by atoms with van der Waals surface area (Å²) in [6.45, 7) is 4.59. The zero-order valence-corrected chi connectivity index (χ0v) is 19.7. The molecular weight excluding hydrogens is 446 g/mol. The Morgan fingerprint density at radius 2 is 1.55 bits per heavy atom. The summed E-state index contributed by atoms with van der Waals surface area (Å²) in [4.78, 5) is 28.4. The Morgan fingerprint density at radius 1 is 0.848 bits per heavy atom. The summed E-state index contributed by atoms with van der Waals surface area (Å²) in [6.07, 6.45) is 0. The van der Waals surface area contributed by atoms with Crippen LogP contribution in [-0.4, -0.2) is 51.0 Å². The van der Waals surface area contributed by atoms with Crippen LogP contribution in [0.5, 0.6) is 17.2 Å². The lowest BCUT2D eigenvalue weighted by Crippen LogP contribution is -2.14. The molecule has 0 fully saturated rings. The van der Waals surface area contributed by atoms with Gasteiger partial charge in [0.15, 0.2) is 18.1 Å². The highest BCUT2D eigenvalue weighted by Gasteiger charge is 2.18. The van der Waals surface area contributed by atoms with Gasteiger partial charge in [-0.15, -0.1) is 11.3 Å². The maximum atomic E-state index is 12.3. The van der Waals surface area contributed by atoms with E-state index in [0.717, 1.165) is 10.6 Å². The van der Waals surface area contributed by atoms with Crippen LogP contribution in [0, 0.1) is 0 Å². The second-order valence-corrected chi connectivity index (χ2v) is 7.49. The molecule has 2 aromatic carbocycles. The maximum absolute atomic E-state index is 12.3. The van der Waals surface area contributed by atoms with Crippen LogP contribution in [0.1, 0.15) is 24.2 Å². The fraction of sp³-hybridized carbons (Fsp3) is 0.292. The van der Waals surface area contributed by atoms with Crippen LogP contribution < -0.4 is 14.2 Å². The maximum Gasteiger partial charge on any atom is 0.343 e. The third-order valence-electron chi connectivity index (χ3n) is 4.55. The number of rotatable bonds is 10. The minimum atomic E-state index is -0.583. The van der Waals surface area contributed by atoms with E-state index < -0.39 is 11.9 Å².